The molecule has 1 atom stereocenters. The molecule has 1 N–H and O–H groups in total. The number of aromatic hydroxyl groups is 1. The summed E-state index contributed by atoms with van der Waals surface area (Å²) in [6.45, 7) is 2.05. The SMILES string of the molecule is CC1CCc2ccccc2N1C(=O)c1ccc2cccnc2c1O. The molecule has 1 aliphatic rings. The van der Waals surface area contributed by atoms with E-state index in [0.717, 1.165) is 23.9 Å². The molecule has 4 nitrogen and oxygen atoms in total. The first kappa shape index (κ1) is 14.7. The second-order valence-electron chi connectivity index (χ2n) is 6.23. The quantitative estimate of drug-likeness (QED) is 0.740. The fraction of sp³-hybridized carbons (Fsp3) is 0.200. The highest BCUT2D eigenvalue weighted by Gasteiger charge is 2.30. The number of fused-ring (bicyclic) bond motifs is 2. The van der Waals surface area contributed by atoms with Gasteiger partial charge in [0.1, 0.15) is 5.52 Å². The van der Waals surface area contributed by atoms with Crippen LogP contribution in [0.15, 0.2) is 54.7 Å². The summed E-state index contributed by atoms with van der Waals surface area (Å²) in [7, 11) is 0. The fourth-order valence-corrected chi connectivity index (χ4v) is 3.43. The molecule has 4 rings (SSSR count). The van der Waals surface area contributed by atoms with Crippen LogP contribution in [-0.2, 0) is 6.42 Å². The van der Waals surface area contributed by atoms with Crippen LogP contribution in [0.1, 0.15) is 29.3 Å². The normalized spacial score (nSPS) is 16.9. The van der Waals surface area contributed by atoms with Crippen LogP contribution in [0.5, 0.6) is 5.75 Å². The van der Waals surface area contributed by atoms with E-state index in [0.29, 0.717) is 11.1 Å². The van der Waals surface area contributed by atoms with E-state index in [1.165, 1.54) is 5.56 Å². The minimum atomic E-state index is -0.181. The van der Waals surface area contributed by atoms with Crippen molar-refractivity contribution in [3.05, 3.63) is 65.9 Å². The molecular formula is C20H18N2O2. The van der Waals surface area contributed by atoms with Gasteiger partial charge in [0.05, 0.1) is 5.56 Å². The Bertz CT molecular complexity index is 936. The van der Waals surface area contributed by atoms with Gasteiger partial charge in [-0.25, -0.2) is 0 Å². The Labute approximate surface area is 140 Å². The number of aryl methyl sites for hydroxylation is 1. The Morgan fingerprint density at radius 2 is 2.00 bits per heavy atom. The van der Waals surface area contributed by atoms with E-state index in [4.69, 9.17) is 0 Å². The number of rotatable bonds is 1. The summed E-state index contributed by atoms with van der Waals surface area (Å²) >= 11 is 0. The molecule has 2 heterocycles. The molecule has 1 aliphatic heterocycles. The molecule has 0 saturated heterocycles. The largest absolute Gasteiger partial charge is 0.505 e. The van der Waals surface area contributed by atoms with E-state index in [9.17, 15) is 9.90 Å². The second-order valence-corrected chi connectivity index (χ2v) is 6.23. The van der Waals surface area contributed by atoms with E-state index >= 15 is 0 Å². The monoisotopic (exact) mass is 318 g/mol. The number of para-hydroxylation sites is 1. The molecule has 1 unspecified atom stereocenters. The van der Waals surface area contributed by atoms with Gasteiger partial charge in [-0.3, -0.25) is 9.78 Å². The maximum atomic E-state index is 13.2. The smallest absolute Gasteiger partial charge is 0.262 e. The Morgan fingerprint density at radius 3 is 2.88 bits per heavy atom. The van der Waals surface area contributed by atoms with Crippen molar-refractivity contribution in [2.24, 2.45) is 0 Å². The number of phenolic OH excluding ortho intramolecular Hbond substituents is 1. The van der Waals surface area contributed by atoms with Crippen molar-refractivity contribution in [2.75, 3.05) is 4.90 Å². The Morgan fingerprint density at radius 1 is 1.17 bits per heavy atom. The lowest BCUT2D eigenvalue weighted by atomic mass is 9.95. The molecule has 0 radical (unpaired) electrons. The highest BCUT2D eigenvalue weighted by Crippen LogP contribution is 2.34. The predicted octanol–water partition coefficient (Wildman–Crippen LogP) is 3.92. The highest BCUT2D eigenvalue weighted by molar-refractivity contribution is 6.11. The third kappa shape index (κ3) is 2.22. The maximum absolute atomic E-state index is 13.2. The zero-order valence-electron chi connectivity index (χ0n) is 13.4. The summed E-state index contributed by atoms with van der Waals surface area (Å²) in [6, 6.07) is 15.3. The second kappa shape index (κ2) is 5.64. The van der Waals surface area contributed by atoms with Gasteiger partial charge in [0, 0.05) is 23.3 Å². The van der Waals surface area contributed by atoms with Gasteiger partial charge in [0.25, 0.3) is 5.91 Å². The van der Waals surface area contributed by atoms with E-state index in [2.05, 4.69) is 11.1 Å². The molecule has 3 aromatic rings. The summed E-state index contributed by atoms with van der Waals surface area (Å²) in [5.41, 5.74) is 2.86. The lowest BCUT2D eigenvalue weighted by Crippen LogP contribution is -2.42. The number of carbonyl (C=O) groups excluding carboxylic acids is 1. The molecule has 0 saturated carbocycles. The number of amides is 1. The highest BCUT2D eigenvalue weighted by atomic mass is 16.3. The zero-order valence-corrected chi connectivity index (χ0v) is 13.4. The van der Waals surface area contributed by atoms with Gasteiger partial charge in [0.15, 0.2) is 5.75 Å². The molecule has 2 aromatic carbocycles. The van der Waals surface area contributed by atoms with Gasteiger partial charge in [0.2, 0.25) is 0 Å². The van der Waals surface area contributed by atoms with E-state index < -0.39 is 0 Å². The number of anilines is 1. The number of aromatic nitrogens is 1. The van der Waals surface area contributed by atoms with Crippen molar-refractivity contribution in [3.63, 3.8) is 0 Å². The first-order valence-corrected chi connectivity index (χ1v) is 8.15. The summed E-state index contributed by atoms with van der Waals surface area (Å²) < 4.78 is 0. The van der Waals surface area contributed by atoms with Crippen molar-refractivity contribution in [1.82, 2.24) is 4.98 Å². The summed E-state index contributed by atoms with van der Waals surface area (Å²) in [5.74, 6) is -0.229. The van der Waals surface area contributed by atoms with Crippen LogP contribution in [0.3, 0.4) is 0 Å². The van der Waals surface area contributed by atoms with Crippen molar-refractivity contribution < 1.29 is 9.90 Å². The number of hydrogen-bond donors (Lipinski definition) is 1. The number of carbonyl (C=O) groups is 1. The van der Waals surface area contributed by atoms with Crippen LogP contribution in [0.4, 0.5) is 5.69 Å². The minimum Gasteiger partial charge on any atom is -0.505 e. The van der Waals surface area contributed by atoms with E-state index in [-0.39, 0.29) is 17.7 Å². The van der Waals surface area contributed by atoms with Gasteiger partial charge in [-0.15, -0.1) is 0 Å². The summed E-state index contributed by atoms with van der Waals surface area (Å²) in [6.07, 6.45) is 3.50. The Kier molecular flexibility index (Phi) is 3.45. The predicted molar refractivity (Wildman–Crippen MR) is 94.4 cm³/mol. The number of phenols is 1. The summed E-state index contributed by atoms with van der Waals surface area (Å²) in [5, 5.41) is 11.4. The van der Waals surface area contributed by atoms with Crippen molar-refractivity contribution in [3.8, 4) is 5.75 Å². The third-order valence-corrected chi connectivity index (χ3v) is 4.72. The first-order valence-electron chi connectivity index (χ1n) is 8.15. The lowest BCUT2D eigenvalue weighted by molar-refractivity contribution is 0.0973. The van der Waals surface area contributed by atoms with Gasteiger partial charge in [-0.2, -0.15) is 0 Å². The van der Waals surface area contributed by atoms with Crippen LogP contribution in [-0.4, -0.2) is 22.0 Å². The molecule has 1 aromatic heterocycles. The third-order valence-electron chi connectivity index (χ3n) is 4.72. The molecule has 0 fully saturated rings. The molecule has 0 bridgehead atoms. The topological polar surface area (TPSA) is 53.4 Å². The van der Waals surface area contributed by atoms with Crippen LogP contribution < -0.4 is 4.90 Å². The molecule has 24 heavy (non-hydrogen) atoms. The van der Waals surface area contributed by atoms with Crippen LogP contribution in [0, 0.1) is 0 Å². The molecule has 4 heteroatoms. The van der Waals surface area contributed by atoms with Gasteiger partial charge in [-0.05, 0) is 43.5 Å². The fourth-order valence-electron chi connectivity index (χ4n) is 3.43. The van der Waals surface area contributed by atoms with E-state index in [1.54, 1.807) is 17.2 Å². The van der Waals surface area contributed by atoms with Crippen molar-refractivity contribution >= 4 is 22.5 Å². The van der Waals surface area contributed by atoms with Gasteiger partial charge < -0.3 is 10.0 Å². The van der Waals surface area contributed by atoms with Gasteiger partial charge >= 0.3 is 0 Å². The average molecular weight is 318 g/mol. The molecular weight excluding hydrogens is 300 g/mol. The van der Waals surface area contributed by atoms with Crippen LogP contribution in [0.25, 0.3) is 10.9 Å². The van der Waals surface area contributed by atoms with Crippen LogP contribution in [0.2, 0.25) is 0 Å². The van der Waals surface area contributed by atoms with E-state index in [1.807, 2.05) is 43.3 Å². The number of pyridine rings is 1. The number of nitrogens with zero attached hydrogens (tertiary/aromatic N) is 2. The number of hydrogen-bond acceptors (Lipinski definition) is 3. The van der Waals surface area contributed by atoms with Crippen molar-refractivity contribution in [1.29, 1.82) is 0 Å². The molecule has 0 spiro atoms. The molecule has 0 aliphatic carbocycles. The maximum Gasteiger partial charge on any atom is 0.262 e. The Balaban J connectivity index is 1.83. The average Bonchev–Trinajstić information content (AvgIpc) is 2.62. The van der Waals surface area contributed by atoms with Crippen LogP contribution >= 0.6 is 0 Å². The number of benzene rings is 2. The molecule has 1 amide bonds. The first-order chi connectivity index (χ1) is 11.7. The zero-order chi connectivity index (χ0) is 16.7. The molecule has 120 valence electrons. The minimum absolute atomic E-state index is 0.0478. The van der Waals surface area contributed by atoms with Gasteiger partial charge in [-0.1, -0.05) is 30.3 Å². The lowest BCUT2D eigenvalue weighted by Gasteiger charge is -2.35. The summed E-state index contributed by atoms with van der Waals surface area (Å²) in [4.78, 5) is 19.2. The standard InChI is InChI=1S/C20H18N2O2/c1-13-8-9-14-5-2-3-7-17(14)22(13)20(24)16-11-10-15-6-4-12-21-18(15)19(16)23/h2-7,10-13,23H,8-9H2,1H3. The Hall–Kier alpha value is -2.88. The van der Waals surface area contributed by atoms with Crippen molar-refractivity contribution in [2.45, 2.75) is 25.8 Å².